The highest BCUT2D eigenvalue weighted by molar-refractivity contribution is 7.81. The standard InChI is InChI=1S/C9H12O4S2/c1-2-6-12-15(10,11)13-7-5-9-4-3-8-14-9/h2-4,8H,1,5-7H2. The molecule has 0 amide bonds. The van der Waals surface area contributed by atoms with Crippen LogP contribution in [0.2, 0.25) is 0 Å². The van der Waals surface area contributed by atoms with Crippen LogP contribution in [0.1, 0.15) is 4.88 Å². The van der Waals surface area contributed by atoms with E-state index < -0.39 is 10.4 Å². The summed E-state index contributed by atoms with van der Waals surface area (Å²) in [6.07, 6.45) is 1.91. The third kappa shape index (κ3) is 5.08. The maximum absolute atomic E-state index is 11.0. The van der Waals surface area contributed by atoms with E-state index in [1.165, 1.54) is 6.08 Å². The minimum Gasteiger partial charge on any atom is -0.248 e. The number of rotatable bonds is 7. The molecule has 4 nitrogen and oxygen atoms in total. The van der Waals surface area contributed by atoms with Crippen molar-refractivity contribution in [3.63, 3.8) is 0 Å². The number of hydrogen-bond acceptors (Lipinski definition) is 5. The van der Waals surface area contributed by atoms with Crippen molar-refractivity contribution in [2.45, 2.75) is 6.42 Å². The smallest absolute Gasteiger partial charge is 0.248 e. The van der Waals surface area contributed by atoms with E-state index in [4.69, 9.17) is 0 Å². The maximum Gasteiger partial charge on any atom is 0.400 e. The molecule has 0 aliphatic carbocycles. The summed E-state index contributed by atoms with van der Waals surface area (Å²) in [6, 6.07) is 3.83. The summed E-state index contributed by atoms with van der Waals surface area (Å²) in [5.74, 6) is 0. The van der Waals surface area contributed by atoms with Crippen LogP contribution in [0, 0.1) is 0 Å². The molecule has 0 spiro atoms. The molecule has 0 atom stereocenters. The second-order valence-corrected chi connectivity index (χ2v) is 4.95. The molecule has 0 aromatic carbocycles. The average Bonchev–Trinajstić information content (AvgIpc) is 2.67. The molecule has 0 unspecified atom stereocenters. The minimum absolute atomic E-state index is 0.0681. The molecule has 0 saturated carbocycles. The fourth-order valence-electron chi connectivity index (χ4n) is 0.865. The molecule has 1 aromatic heterocycles. The normalized spacial score (nSPS) is 11.5. The molecule has 84 valence electrons. The third-order valence-electron chi connectivity index (χ3n) is 1.49. The van der Waals surface area contributed by atoms with Crippen LogP contribution in [-0.2, 0) is 25.2 Å². The predicted octanol–water partition coefficient (Wildman–Crippen LogP) is 1.75. The molecule has 0 saturated heterocycles. The van der Waals surface area contributed by atoms with Gasteiger partial charge < -0.3 is 0 Å². The lowest BCUT2D eigenvalue weighted by Gasteiger charge is -2.02. The van der Waals surface area contributed by atoms with Gasteiger partial charge in [-0.1, -0.05) is 12.1 Å². The molecule has 0 radical (unpaired) electrons. The zero-order valence-corrected chi connectivity index (χ0v) is 9.72. The van der Waals surface area contributed by atoms with Gasteiger partial charge >= 0.3 is 10.4 Å². The first-order chi connectivity index (χ1) is 7.14. The number of thiophene rings is 1. The van der Waals surface area contributed by atoms with Crippen LogP contribution in [0.15, 0.2) is 30.2 Å². The Kier molecular flexibility index (Phi) is 4.97. The zero-order valence-electron chi connectivity index (χ0n) is 8.09. The van der Waals surface area contributed by atoms with Gasteiger partial charge in [-0.05, 0) is 11.4 Å². The summed E-state index contributed by atoms with van der Waals surface area (Å²) >= 11 is 1.56. The monoisotopic (exact) mass is 248 g/mol. The highest BCUT2D eigenvalue weighted by Crippen LogP contribution is 2.09. The van der Waals surface area contributed by atoms with Gasteiger partial charge in [-0.25, -0.2) is 8.37 Å². The van der Waals surface area contributed by atoms with Crippen molar-refractivity contribution in [2.24, 2.45) is 0 Å². The van der Waals surface area contributed by atoms with Crippen LogP contribution in [0.5, 0.6) is 0 Å². The van der Waals surface area contributed by atoms with Crippen molar-refractivity contribution in [3.8, 4) is 0 Å². The van der Waals surface area contributed by atoms with Crippen molar-refractivity contribution in [1.29, 1.82) is 0 Å². The van der Waals surface area contributed by atoms with Crippen LogP contribution in [0.3, 0.4) is 0 Å². The van der Waals surface area contributed by atoms with Gasteiger partial charge in [0.25, 0.3) is 0 Å². The fourth-order valence-corrected chi connectivity index (χ4v) is 2.17. The van der Waals surface area contributed by atoms with Crippen molar-refractivity contribution in [2.75, 3.05) is 13.2 Å². The van der Waals surface area contributed by atoms with E-state index in [1.54, 1.807) is 11.3 Å². The first kappa shape index (κ1) is 12.4. The zero-order chi connectivity index (χ0) is 11.1. The van der Waals surface area contributed by atoms with Gasteiger partial charge in [0.15, 0.2) is 0 Å². The van der Waals surface area contributed by atoms with Crippen molar-refractivity contribution < 1.29 is 16.8 Å². The Morgan fingerprint density at radius 1 is 1.47 bits per heavy atom. The van der Waals surface area contributed by atoms with E-state index in [9.17, 15) is 8.42 Å². The second kappa shape index (κ2) is 6.02. The average molecular weight is 248 g/mol. The molecule has 6 heteroatoms. The Bertz CT molecular complexity index is 380. The molecule has 1 aromatic rings. The van der Waals surface area contributed by atoms with Crippen LogP contribution >= 0.6 is 11.3 Å². The van der Waals surface area contributed by atoms with Crippen molar-refractivity contribution in [1.82, 2.24) is 0 Å². The van der Waals surface area contributed by atoms with E-state index in [-0.39, 0.29) is 13.2 Å². The molecular formula is C9H12O4S2. The number of hydrogen-bond donors (Lipinski definition) is 0. The molecule has 0 N–H and O–H groups in total. The molecule has 15 heavy (non-hydrogen) atoms. The first-order valence-corrected chi connectivity index (χ1v) is 6.52. The lowest BCUT2D eigenvalue weighted by atomic mass is 10.4. The fraction of sp³-hybridized carbons (Fsp3) is 0.333. The van der Waals surface area contributed by atoms with Gasteiger partial charge in [0.05, 0.1) is 13.2 Å². The largest absolute Gasteiger partial charge is 0.400 e. The summed E-state index contributed by atoms with van der Waals surface area (Å²) in [5, 5.41) is 1.93. The molecule has 0 aliphatic heterocycles. The molecule has 0 bridgehead atoms. The van der Waals surface area contributed by atoms with E-state index in [1.807, 2.05) is 17.5 Å². The van der Waals surface area contributed by atoms with Gasteiger partial charge in [0.1, 0.15) is 0 Å². The Balaban J connectivity index is 2.27. The second-order valence-electron chi connectivity index (χ2n) is 2.63. The summed E-state index contributed by atoms with van der Waals surface area (Å²) in [7, 11) is -3.86. The van der Waals surface area contributed by atoms with E-state index in [0.717, 1.165) is 4.88 Å². The van der Waals surface area contributed by atoms with Gasteiger partial charge in [-0.3, -0.25) is 0 Å². The Labute approximate surface area is 93.5 Å². The van der Waals surface area contributed by atoms with Gasteiger partial charge in [0.2, 0.25) is 0 Å². The van der Waals surface area contributed by atoms with E-state index >= 15 is 0 Å². The van der Waals surface area contributed by atoms with E-state index in [0.29, 0.717) is 6.42 Å². The molecule has 1 rings (SSSR count). The van der Waals surface area contributed by atoms with Crippen molar-refractivity contribution in [3.05, 3.63) is 35.0 Å². The van der Waals surface area contributed by atoms with Gasteiger partial charge in [0, 0.05) is 11.3 Å². The molecule has 0 fully saturated rings. The highest BCUT2D eigenvalue weighted by Gasteiger charge is 2.10. The summed E-state index contributed by atoms with van der Waals surface area (Å²) in [5.41, 5.74) is 0. The summed E-state index contributed by atoms with van der Waals surface area (Å²) in [6.45, 7) is 3.37. The van der Waals surface area contributed by atoms with Gasteiger partial charge in [-0.2, -0.15) is 8.42 Å². The SMILES string of the molecule is C=CCOS(=O)(=O)OCCc1cccs1. The lowest BCUT2D eigenvalue weighted by molar-refractivity contribution is 0.232. The van der Waals surface area contributed by atoms with E-state index in [2.05, 4.69) is 14.9 Å². The Hall–Kier alpha value is -0.690. The topological polar surface area (TPSA) is 52.6 Å². The Morgan fingerprint density at radius 2 is 2.27 bits per heavy atom. The summed E-state index contributed by atoms with van der Waals surface area (Å²) in [4.78, 5) is 1.08. The third-order valence-corrected chi connectivity index (χ3v) is 3.30. The molecular weight excluding hydrogens is 236 g/mol. The van der Waals surface area contributed by atoms with Gasteiger partial charge in [-0.15, -0.1) is 17.9 Å². The van der Waals surface area contributed by atoms with Crippen LogP contribution < -0.4 is 0 Å². The van der Waals surface area contributed by atoms with Crippen LogP contribution in [0.4, 0.5) is 0 Å². The maximum atomic E-state index is 11.0. The minimum atomic E-state index is -3.86. The predicted molar refractivity (Wildman–Crippen MR) is 59.0 cm³/mol. The first-order valence-electron chi connectivity index (χ1n) is 4.31. The van der Waals surface area contributed by atoms with Crippen LogP contribution in [-0.4, -0.2) is 21.6 Å². The quantitative estimate of drug-likeness (QED) is 0.690. The highest BCUT2D eigenvalue weighted by atomic mass is 32.3. The molecule has 1 heterocycles. The summed E-state index contributed by atoms with van der Waals surface area (Å²) < 4.78 is 31.1. The lowest BCUT2D eigenvalue weighted by Crippen LogP contribution is -2.11. The van der Waals surface area contributed by atoms with Crippen molar-refractivity contribution >= 4 is 21.7 Å². The Morgan fingerprint density at radius 3 is 2.87 bits per heavy atom. The molecule has 0 aliphatic rings. The van der Waals surface area contributed by atoms with Crippen LogP contribution in [0.25, 0.3) is 0 Å².